The summed E-state index contributed by atoms with van der Waals surface area (Å²) in [6, 6.07) is 0. The second-order valence-electron chi connectivity index (χ2n) is 10.7. The summed E-state index contributed by atoms with van der Waals surface area (Å²) in [5.41, 5.74) is -0.781. The molecule has 0 radical (unpaired) electrons. The quantitative estimate of drug-likeness (QED) is 0.449. The van der Waals surface area contributed by atoms with Crippen LogP contribution in [0.25, 0.3) is 0 Å². The minimum Gasteiger partial charge on any atom is -0.458 e. The molecule has 6 atom stereocenters. The Morgan fingerprint density at radius 1 is 1.09 bits per heavy atom. The molecule has 9 heteroatoms. The molecule has 4 heterocycles. The first-order chi connectivity index (χ1) is 15.2. The third-order valence-corrected chi connectivity index (χ3v) is 7.98. The molecule has 2 bridgehead atoms. The number of hydrogen-bond acceptors (Lipinski definition) is 9. The molecule has 5 rings (SSSR count). The number of rotatable bonds is 5. The summed E-state index contributed by atoms with van der Waals surface area (Å²) < 4.78 is 28.7. The first kappa shape index (κ1) is 22.1. The molecule has 32 heavy (non-hydrogen) atoms. The van der Waals surface area contributed by atoms with E-state index in [0.717, 1.165) is 25.7 Å². The van der Waals surface area contributed by atoms with E-state index in [4.69, 9.17) is 23.7 Å². The van der Waals surface area contributed by atoms with Gasteiger partial charge in [0.2, 0.25) is 0 Å². The number of carbonyl (C=O) groups is 3. The van der Waals surface area contributed by atoms with Crippen molar-refractivity contribution >= 4 is 17.9 Å². The van der Waals surface area contributed by atoms with E-state index in [-0.39, 0.29) is 12.0 Å². The highest BCUT2D eigenvalue weighted by molar-refractivity contribution is 5.87. The number of esters is 3. The zero-order chi connectivity index (χ0) is 22.7. The van der Waals surface area contributed by atoms with Gasteiger partial charge in [0.15, 0.2) is 12.2 Å². The van der Waals surface area contributed by atoms with Crippen LogP contribution < -0.4 is 0 Å². The Hall–Kier alpha value is -1.71. The Morgan fingerprint density at radius 3 is 2.44 bits per heavy atom. The number of fused-ring (bicyclic) bond motifs is 1. The highest BCUT2D eigenvalue weighted by Crippen LogP contribution is 2.53. The summed E-state index contributed by atoms with van der Waals surface area (Å²) in [7, 11) is 0. The van der Waals surface area contributed by atoms with Crippen molar-refractivity contribution in [1.82, 2.24) is 4.90 Å². The molecule has 0 aromatic heterocycles. The second-order valence-corrected chi connectivity index (χ2v) is 10.7. The minimum atomic E-state index is -0.813. The van der Waals surface area contributed by atoms with Gasteiger partial charge < -0.3 is 23.7 Å². The second kappa shape index (κ2) is 7.95. The standard InChI is InChI=1S/C23H33NO8/c1-22(2,3)23(6-4-5-7-23)32-21(27)15-14-16-19(31-20(14)26)18(17(15)30-16)29-13(25)12-24-8-10-28-11-9-24/h14-19H,4-12H2,1-3H3. The first-order valence-corrected chi connectivity index (χ1v) is 11.8. The van der Waals surface area contributed by atoms with Crippen LogP contribution in [0.15, 0.2) is 0 Å². The van der Waals surface area contributed by atoms with Crippen LogP contribution in [-0.4, -0.2) is 85.7 Å². The summed E-state index contributed by atoms with van der Waals surface area (Å²) in [4.78, 5) is 40.6. The summed E-state index contributed by atoms with van der Waals surface area (Å²) in [6.45, 7) is 8.85. The van der Waals surface area contributed by atoms with E-state index in [2.05, 4.69) is 20.8 Å². The summed E-state index contributed by atoms with van der Waals surface area (Å²) in [5.74, 6) is -2.82. The lowest BCUT2D eigenvalue weighted by Gasteiger charge is -2.42. The van der Waals surface area contributed by atoms with Crippen LogP contribution in [0, 0.1) is 17.3 Å². The molecule has 4 saturated heterocycles. The molecule has 5 aliphatic rings. The lowest BCUT2D eigenvalue weighted by Crippen LogP contribution is -2.52. The fourth-order valence-electron chi connectivity index (χ4n) is 6.08. The molecule has 0 amide bonds. The van der Waals surface area contributed by atoms with E-state index in [9.17, 15) is 14.4 Å². The molecule has 0 aromatic carbocycles. The summed E-state index contributed by atoms with van der Waals surface area (Å²) in [6.07, 6.45) is 0.891. The third kappa shape index (κ3) is 3.53. The van der Waals surface area contributed by atoms with Crippen molar-refractivity contribution in [1.29, 1.82) is 0 Å². The lowest BCUT2D eigenvalue weighted by atomic mass is 9.74. The number of carbonyl (C=O) groups excluding carboxylic acids is 3. The van der Waals surface area contributed by atoms with Crippen molar-refractivity contribution in [3.8, 4) is 0 Å². The molecule has 9 nitrogen and oxygen atoms in total. The molecule has 178 valence electrons. The van der Waals surface area contributed by atoms with Crippen LogP contribution in [0.5, 0.6) is 0 Å². The zero-order valence-electron chi connectivity index (χ0n) is 19.0. The van der Waals surface area contributed by atoms with E-state index in [1.165, 1.54) is 0 Å². The molecule has 1 saturated carbocycles. The molecule has 0 aromatic rings. The average Bonchev–Trinajstić information content (AvgIpc) is 3.46. The highest BCUT2D eigenvalue weighted by Gasteiger charge is 2.72. The fraction of sp³-hybridized carbons (Fsp3) is 0.870. The van der Waals surface area contributed by atoms with Crippen molar-refractivity contribution in [3.63, 3.8) is 0 Å². The number of hydrogen-bond donors (Lipinski definition) is 0. The highest BCUT2D eigenvalue weighted by atomic mass is 16.7. The van der Waals surface area contributed by atoms with E-state index < -0.39 is 59.8 Å². The molecule has 0 N–H and O–H groups in total. The normalized spacial score (nSPS) is 38.0. The van der Waals surface area contributed by atoms with Gasteiger partial charge >= 0.3 is 17.9 Å². The predicted molar refractivity (Wildman–Crippen MR) is 109 cm³/mol. The van der Waals surface area contributed by atoms with Gasteiger partial charge in [0.1, 0.15) is 29.6 Å². The van der Waals surface area contributed by atoms with E-state index >= 15 is 0 Å². The average molecular weight is 452 g/mol. The van der Waals surface area contributed by atoms with Gasteiger partial charge in [-0.25, -0.2) is 0 Å². The van der Waals surface area contributed by atoms with Gasteiger partial charge in [-0.3, -0.25) is 19.3 Å². The number of morpholine rings is 1. The largest absolute Gasteiger partial charge is 0.458 e. The van der Waals surface area contributed by atoms with Crippen LogP contribution in [0.4, 0.5) is 0 Å². The fourth-order valence-corrected chi connectivity index (χ4v) is 6.08. The number of ether oxygens (including phenoxy) is 5. The van der Waals surface area contributed by atoms with E-state index in [1.807, 2.05) is 4.90 Å². The van der Waals surface area contributed by atoms with Crippen molar-refractivity contribution in [3.05, 3.63) is 0 Å². The van der Waals surface area contributed by atoms with Crippen LogP contribution in [-0.2, 0) is 38.1 Å². The maximum absolute atomic E-state index is 13.5. The van der Waals surface area contributed by atoms with E-state index in [1.54, 1.807) is 0 Å². The van der Waals surface area contributed by atoms with Gasteiger partial charge in [-0.2, -0.15) is 0 Å². The van der Waals surface area contributed by atoms with Gasteiger partial charge in [0, 0.05) is 18.5 Å². The van der Waals surface area contributed by atoms with Gasteiger partial charge in [-0.1, -0.05) is 20.8 Å². The van der Waals surface area contributed by atoms with Gasteiger partial charge in [0.25, 0.3) is 0 Å². The zero-order valence-corrected chi connectivity index (χ0v) is 19.0. The Morgan fingerprint density at radius 2 is 1.78 bits per heavy atom. The third-order valence-electron chi connectivity index (χ3n) is 7.98. The molecule has 6 unspecified atom stereocenters. The van der Waals surface area contributed by atoms with Crippen LogP contribution in [0.3, 0.4) is 0 Å². The van der Waals surface area contributed by atoms with Gasteiger partial charge in [0.05, 0.1) is 19.8 Å². The number of nitrogens with zero attached hydrogens (tertiary/aromatic N) is 1. The molecule has 4 aliphatic heterocycles. The lowest BCUT2D eigenvalue weighted by molar-refractivity contribution is -0.184. The summed E-state index contributed by atoms with van der Waals surface area (Å²) >= 11 is 0. The predicted octanol–water partition coefficient (Wildman–Crippen LogP) is 1.07. The topological polar surface area (TPSA) is 101 Å². The van der Waals surface area contributed by atoms with E-state index in [0.29, 0.717) is 26.3 Å². The van der Waals surface area contributed by atoms with Crippen LogP contribution in [0.1, 0.15) is 46.5 Å². The Labute approximate surface area is 188 Å². The van der Waals surface area contributed by atoms with Gasteiger partial charge in [-0.05, 0) is 25.7 Å². The van der Waals surface area contributed by atoms with Crippen molar-refractivity contribution in [2.75, 3.05) is 32.8 Å². The van der Waals surface area contributed by atoms with Crippen LogP contribution >= 0.6 is 0 Å². The molecule has 5 fully saturated rings. The Balaban J connectivity index is 1.31. The Kier molecular flexibility index (Phi) is 5.49. The van der Waals surface area contributed by atoms with Crippen LogP contribution in [0.2, 0.25) is 0 Å². The molecule has 1 aliphatic carbocycles. The maximum Gasteiger partial charge on any atom is 0.320 e. The minimum absolute atomic E-state index is 0.129. The SMILES string of the molecule is CC(C)(C)C1(OC(=O)C2C3OC4C(OC(=O)C42)C3OC(=O)CN2CCOCC2)CCCC1. The molecular formula is C23H33NO8. The van der Waals surface area contributed by atoms with Crippen molar-refractivity contribution < 1.29 is 38.1 Å². The molecular weight excluding hydrogens is 418 g/mol. The summed E-state index contributed by atoms with van der Waals surface area (Å²) in [5, 5.41) is 0. The van der Waals surface area contributed by atoms with Crippen molar-refractivity contribution in [2.45, 2.75) is 76.5 Å². The Bertz CT molecular complexity index is 779. The monoisotopic (exact) mass is 451 g/mol. The smallest absolute Gasteiger partial charge is 0.320 e. The maximum atomic E-state index is 13.5. The van der Waals surface area contributed by atoms with Gasteiger partial charge in [-0.15, -0.1) is 0 Å². The molecule has 0 spiro atoms. The first-order valence-electron chi connectivity index (χ1n) is 11.8. The van der Waals surface area contributed by atoms with Crippen molar-refractivity contribution in [2.24, 2.45) is 17.3 Å².